The van der Waals surface area contributed by atoms with E-state index in [9.17, 15) is 5.11 Å². The molecule has 0 aliphatic carbocycles. The van der Waals surface area contributed by atoms with Crippen molar-refractivity contribution in [2.45, 2.75) is 12.5 Å². The van der Waals surface area contributed by atoms with E-state index in [4.69, 9.17) is 21.1 Å². The van der Waals surface area contributed by atoms with Gasteiger partial charge in [0.25, 0.3) is 0 Å². The van der Waals surface area contributed by atoms with E-state index in [1.807, 2.05) is 0 Å². The van der Waals surface area contributed by atoms with Crippen molar-refractivity contribution >= 4 is 0 Å². The second-order valence-corrected chi connectivity index (χ2v) is 3.09. The summed E-state index contributed by atoms with van der Waals surface area (Å²) in [4.78, 5) is 0. The average Bonchev–Trinajstić information content (AvgIpc) is 2.19. The molecule has 1 rings (SSSR count). The van der Waals surface area contributed by atoms with Gasteiger partial charge in [0.1, 0.15) is 0 Å². The molecule has 0 saturated heterocycles. The van der Waals surface area contributed by atoms with Gasteiger partial charge in [-0.1, -0.05) is 6.07 Å². The number of hydrogen-bond donors (Lipinski definition) is 5. The Labute approximate surface area is 81.0 Å². The lowest BCUT2D eigenvalue weighted by Gasteiger charge is -2.10. The Bertz CT molecular complexity index is 327. The highest BCUT2D eigenvalue weighted by Gasteiger charge is 2.13. The van der Waals surface area contributed by atoms with Gasteiger partial charge >= 0.3 is 0 Å². The number of aromatic hydroxyl groups is 3. The average molecular weight is 199 g/mol. The molecular weight excluding hydrogens is 186 g/mol. The van der Waals surface area contributed by atoms with Crippen molar-refractivity contribution in [3.05, 3.63) is 17.7 Å². The molecule has 0 spiro atoms. The van der Waals surface area contributed by atoms with Crippen molar-refractivity contribution in [1.29, 1.82) is 0 Å². The van der Waals surface area contributed by atoms with Crippen LogP contribution < -0.4 is 5.73 Å². The quantitative estimate of drug-likeness (QED) is 0.428. The third-order valence-corrected chi connectivity index (χ3v) is 1.93. The van der Waals surface area contributed by atoms with Gasteiger partial charge in [-0.25, -0.2) is 0 Å². The predicted molar refractivity (Wildman–Crippen MR) is 50.2 cm³/mol. The number of aliphatic hydroxyl groups is 1. The van der Waals surface area contributed by atoms with Gasteiger partial charge in [-0.3, -0.25) is 0 Å². The van der Waals surface area contributed by atoms with Crippen LogP contribution in [0.15, 0.2) is 12.1 Å². The first kappa shape index (κ1) is 10.6. The first-order valence-corrected chi connectivity index (χ1v) is 4.15. The summed E-state index contributed by atoms with van der Waals surface area (Å²) in [6, 6.07) is 2.21. The SMILES string of the molecule is NC(CO)Cc1ccc(O)c(O)c1O. The number of rotatable bonds is 3. The summed E-state index contributed by atoms with van der Waals surface area (Å²) < 4.78 is 0. The van der Waals surface area contributed by atoms with Crippen LogP contribution in [0, 0.1) is 0 Å². The molecule has 1 aromatic carbocycles. The molecule has 0 aromatic heterocycles. The summed E-state index contributed by atoms with van der Waals surface area (Å²) >= 11 is 0. The molecule has 0 fully saturated rings. The maximum atomic E-state index is 9.38. The van der Waals surface area contributed by atoms with Crippen molar-refractivity contribution in [2.75, 3.05) is 6.61 Å². The van der Waals surface area contributed by atoms with E-state index in [1.165, 1.54) is 12.1 Å². The van der Waals surface area contributed by atoms with Crippen LogP contribution in [-0.4, -0.2) is 33.1 Å². The standard InChI is InChI=1S/C9H13NO4/c10-6(4-11)3-5-1-2-7(12)9(14)8(5)13/h1-2,6,11-14H,3-4,10H2. The zero-order chi connectivity index (χ0) is 10.7. The van der Waals surface area contributed by atoms with Crippen LogP contribution in [0.25, 0.3) is 0 Å². The van der Waals surface area contributed by atoms with E-state index >= 15 is 0 Å². The minimum absolute atomic E-state index is 0.207. The predicted octanol–water partition coefficient (Wildman–Crippen LogP) is -0.335. The Morgan fingerprint density at radius 2 is 1.79 bits per heavy atom. The van der Waals surface area contributed by atoms with Crippen LogP contribution in [0.1, 0.15) is 5.56 Å². The van der Waals surface area contributed by atoms with Crippen molar-refractivity contribution in [2.24, 2.45) is 5.73 Å². The Morgan fingerprint density at radius 1 is 1.14 bits per heavy atom. The molecule has 0 heterocycles. The number of hydrogen-bond acceptors (Lipinski definition) is 5. The molecule has 0 aliphatic rings. The molecule has 78 valence electrons. The first-order chi connectivity index (χ1) is 6.56. The number of phenols is 3. The molecule has 1 unspecified atom stereocenters. The van der Waals surface area contributed by atoms with Crippen molar-refractivity contribution in [3.8, 4) is 17.2 Å². The Morgan fingerprint density at radius 3 is 2.36 bits per heavy atom. The van der Waals surface area contributed by atoms with E-state index in [1.54, 1.807) is 0 Å². The highest BCUT2D eigenvalue weighted by molar-refractivity contribution is 5.53. The lowest BCUT2D eigenvalue weighted by molar-refractivity contribution is 0.264. The Balaban J connectivity index is 2.94. The van der Waals surface area contributed by atoms with Crippen LogP contribution >= 0.6 is 0 Å². The fraction of sp³-hybridized carbons (Fsp3) is 0.333. The Hall–Kier alpha value is -1.46. The highest BCUT2D eigenvalue weighted by atomic mass is 16.3. The zero-order valence-electron chi connectivity index (χ0n) is 7.51. The normalized spacial score (nSPS) is 12.7. The zero-order valence-corrected chi connectivity index (χ0v) is 7.51. The third kappa shape index (κ3) is 2.07. The maximum absolute atomic E-state index is 9.38. The molecule has 0 bridgehead atoms. The van der Waals surface area contributed by atoms with Gasteiger partial charge in [0.2, 0.25) is 5.75 Å². The smallest absolute Gasteiger partial charge is 0.200 e. The second kappa shape index (κ2) is 4.17. The van der Waals surface area contributed by atoms with Crippen LogP contribution in [0.3, 0.4) is 0 Å². The topological polar surface area (TPSA) is 107 Å². The van der Waals surface area contributed by atoms with E-state index in [0.717, 1.165) is 0 Å². The fourth-order valence-electron chi connectivity index (χ4n) is 1.12. The van der Waals surface area contributed by atoms with E-state index < -0.39 is 17.5 Å². The molecule has 0 amide bonds. The molecule has 6 N–H and O–H groups in total. The molecule has 5 heteroatoms. The summed E-state index contributed by atoms with van der Waals surface area (Å²) in [7, 11) is 0. The van der Waals surface area contributed by atoms with Gasteiger partial charge in [-0.15, -0.1) is 0 Å². The van der Waals surface area contributed by atoms with Gasteiger partial charge in [0, 0.05) is 6.04 Å². The number of aliphatic hydroxyl groups excluding tert-OH is 1. The molecule has 14 heavy (non-hydrogen) atoms. The summed E-state index contributed by atoms with van der Waals surface area (Å²) in [5.41, 5.74) is 5.85. The van der Waals surface area contributed by atoms with Crippen molar-refractivity contribution < 1.29 is 20.4 Å². The van der Waals surface area contributed by atoms with Crippen LogP contribution in [-0.2, 0) is 6.42 Å². The number of nitrogens with two attached hydrogens (primary N) is 1. The molecule has 1 aromatic rings. The highest BCUT2D eigenvalue weighted by Crippen LogP contribution is 2.37. The van der Waals surface area contributed by atoms with Gasteiger partial charge in [0.15, 0.2) is 11.5 Å². The summed E-state index contributed by atoms with van der Waals surface area (Å²) in [6.45, 7) is -0.207. The largest absolute Gasteiger partial charge is 0.504 e. The molecular formula is C9H13NO4. The molecule has 5 nitrogen and oxygen atoms in total. The lowest BCUT2D eigenvalue weighted by Crippen LogP contribution is -2.26. The van der Waals surface area contributed by atoms with Crippen LogP contribution in [0.4, 0.5) is 0 Å². The molecule has 1 atom stereocenters. The first-order valence-electron chi connectivity index (χ1n) is 4.15. The molecule has 0 aliphatic heterocycles. The summed E-state index contributed by atoms with van der Waals surface area (Å²) in [5.74, 6) is -1.34. The molecule has 0 radical (unpaired) electrons. The number of benzene rings is 1. The minimum Gasteiger partial charge on any atom is -0.504 e. The van der Waals surface area contributed by atoms with Gasteiger partial charge in [0.05, 0.1) is 6.61 Å². The van der Waals surface area contributed by atoms with Crippen LogP contribution in [0.5, 0.6) is 17.2 Å². The van der Waals surface area contributed by atoms with Gasteiger partial charge in [-0.2, -0.15) is 0 Å². The minimum atomic E-state index is -0.562. The fourth-order valence-corrected chi connectivity index (χ4v) is 1.12. The van der Waals surface area contributed by atoms with Crippen molar-refractivity contribution in [1.82, 2.24) is 0 Å². The lowest BCUT2D eigenvalue weighted by atomic mass is 10.1. The van der Waals surface area contributed by atoms with Crippen molar-refractivity contribution in [3.63, 3.8) is 0 Å². The number of phenolic OH excluding ortho intramolecular Hbond substituents is 3. The Kier molecular flexibility index (Phi) is 3.16. The monoisotopic (exact) mass is 199 g/mol. The summed E-state index contributed by atoms with van der Waals surface area (Å²) in [6.07, 6.45) is 0.232. The van der Waals surface area contributed by atoms with E-state index in [-0.39, 0.29) is 18.8 Å². The second-order valence-electron chi connectivity index (χ2n) is 3.09. The molecule has 0 saturated carbocycles. The van der Waals surface area contributed by atoms with Gasteiger partial charge in [-0.05, 0) is 18.1 Å². The van der Waals surface area contributed by atoms with E-state index in [0.29, 0.717) is 5.56 Å². The third-order valence-electron chi connectivity index (χ3n) is 1.93. The maximum Gasteiger partial charge on any atom is 0.200 e. The van der Waals surface area contributed by atoms with Gasteiger partial charge < -0.3 is 26.2 Å². The summed E-state index contributed by atoms with van der Waals surface area (Å²) in [5, 5.41) is 36.3. The van der Waals surface area contributed by atoms with Crippen LogP contribution in [0.2, 0.25) is 0 Å². The van der Waals surface area contributed by atoms with E-state index in [2.05, 4.69) is 0 Å².